The Morgan fingerprint density at radius 2 is 1.70 bits per heavy atom. The molecule has 1 saturated heterocycles. The molecule has 2 aliphatic heterocycles. The molecule has 2 amide bonds. The molecule has 1 aliphatic carbocycles. The van der Waals surface area contributed by atoms with Gasteiger partial charge in [0.15, 0.2) is 5.82 Å². The molecule has 4 aromatic rings. The number of hydrogen-bond donors (Lipinski definition) is 1. The van der Waals surface area contributed by atoms with Crippen LogP contribution in [0.3, 0.4) is 0 Å². The van der Waals surface area contributed by atoms with Crippen molar-refractivity contribution in [2.45, 2.75) is 71.0 Å². The van der Waals surface area contributed by atoms with E-state index in [2.05, 4.69) is 20.2 Å². The van der Waals surface area contributed by atoms with Crippen LogP contribution in [0.2, 0.25) is 0 Å². The van der Waals surface area contributed by atoms with E-state index in [1.165, 1.54) is 4.57 Å². The second kappa shape index (κ2) is 14.1. The number of fused-ring (bicyclic) bond motifs is 1. The van der Waals surface area contributed by atoms with Crippen molar-refractivity contribution in [1.29, 1.82) is 0 Å². The lowest BCUT2D eigenvalue weighted by atomic mass is 10.1. The van der Waals surface area contributed by atoms with Gasteiger partial charge in [-0.25, -0.2) is 19.6 Å². The lowest BCUT2D eigenvalue weighted by Gasteiger charge is -2.40. The molecule has 2 aromatic heterocycles. The molecule has 1 saturated carbocycles. The molecule has 13 heteroatoms. The van der Waals surface area contributed by atoms with E-state index in [1.807, 2.05) is 57.2 Å². The number of carbonyl (C=O) groups is 2. The maximum Gasteiger partial charge on any atom is 0.411 e. The molecule has 2 fully saturated rings. The zero-order valence-corrected chi connectivity index (χ0v) is 28.7. The van der Waals surface area contributed by atoms with Gasteiger partial charge in [-0.1, -0.05) is 24.3 Å². The molecular weight excluding hydrogens is 638 g/mol. The van der Waals surface area contributed by atoms with E-state index in [-0.39, 0.29) is 43.2 Å². The van der Waals surface area contributed by atoms with Crippen LogP contribution >= 0.6 is 0 Å². The zero-order chi connectivity index (χ0) is 34.8. The number of aromatic nitrogens is 4. The predicted octanol–water partition coefficient (Wildman–Crippen LogP) is 4.02. The molecule has 262 valence electrons. The highest BCUT2D eigenvalue weighted by molar-refractivity contribution is 5.94. The minimum atomic E-state index is -0.732. The number of ether oxygens (including phenoxy) is 3. The van der Waals surface area contributed by atoms with Gasteiger partial charge in [-0.3, -0.25) is 23.7 Å². The fraction of sp³-hybridized carbons (Fsp3) is 0.432. The summed E-state index contributed by atoms with van der Waals surface area (Å²) in [4.78, 5) is 55.2. The minimum Gasteiger partial charge on any atom is -0.490 e. The van der Waals surface area contributed by atoms with Crippen molar-refractivity contribution in [2.75, 3.05) is 32.8 Å². The van der Waals surface area contributed by atoms with Gasteiger partial charge in [-0.05, 0) is 69.5 Å². The van der Waals surface area contributed by atoms with Crippen LogP contribution in [0.1, 0.15) is 55.4 Å². The Labute approximate surface area is 290 Å². The molecule has 13 nitrogen and oxygen atoms in total. The molecule has 3 aliphatic rings. The number of nitrogens with one attached hydrogen (secondary N) is 1. The van der Waals surface area contributed by atoms with Gasteiger partial charge in [0.25, 0.3) is 5.91 Å². The number of carbonyl (C=O) groups excluding carboxylic acids is 2. The van der Waals surface area contributed by atoms with Gasteiger partial charge in [0, 0.05) is 50.7 Å². The number of rotatable bonds is 9. The van der Waals surface area contributed by atoms with Crippen LogP contribution in [0.25, 0.3) is 17.1 Å². The van der Waals surface area contributed by atoms with Crippen molar-refractivity contribution >= 4 is 12.0 Å². The van der Waals surface area contributed by atoms with E-state index in [9.17, 15) is 14.4 Å². The highest BCUT2D eigenvalue weighted by Crippen LogP contribution is 2.29. The Morgan fingerprint density at radius 1 is 0.980 bits per heavy atom. The van der Waals surface area contributed by atoms with E-state index in [0.29, 0.717) is 42.7 Å². The molecule has 0 spiro atoms. The predicted molar refractivity (Wildman–Crippen MR) is 185 cm³/mol. The van der Waals surface area contributed by atoms with Gasteiger partial charge >= 0.3 is 11.8 Å². The number of hydrogen-bond acceptors (Lipinski definition) is 9. The molecular formula is C37H43N7O6. The van der Waals surface area contributed by atoms with Crippen molar-refractivity contribution in [3.8, 4) is 22.8 Å². The molecule has 0 radical (unpaired) electrons. The lowest BCUT2D eigenvalue weighted by molar-refractivity contribution is -0.00946. The third-order valence-corrected chi connectivity index (χ3v) is 9.00. The first-order valence-corrected chi connectivity index (χ1v) is 17.2. The highest BCUT2D eigenvalue weighted by atomic mass is 16.6. The van der Waals surface area contributed by atoms with Crippen molar-refractivity contribution in [3.63, 3.8) is 0 Å². The van der Waals surface area contributed by atoms with E-state index in [0.717, 1.165) is 37.1 Å². The Morgan fingerprint density at radius 3 is 2.40 bits per heavy atom. The fourth-order valence-corrected chi connectivity index (χ4v) is 6.42. The molecule has 4 heterocycles. The molecule has 2 aromatic carbocycles. The normalized spacial score (nSPS) is 18.0. The maximum absolute atomic E-state index is 14.4. The number of morpholine rings is 1. The van der Waals surface area contributed by atoms with Crippen LogP contribution in [0.15, 0.2) is 71.8 Å². The number of nitrogens with zero attached hydrogens (tertiary/aromatic N) is 6. The fourth-order valence-electron chi connectivity index (χ4n) is 6.42. The second-order valence-corrected chi connectivity index (χ2v) is 13.9. The van der Waals surface area contributed by atoms with Crippen LogP contribution in [0, 0.1) is 0 Å². The van der Waals surface area contributed by atoms with Crippen molar-refractivity contribution in [3.05, 3.63) is 94.4 Å². The van der Waals surface area contributed by atoms with Crippen LogP contribution in [-0.2, 0) is 29.1 Å². The molecule has 50 heavy (non-hydrogen) atoms. The third-order valence-electron chi connectivity index (χ3n) is 9.00. The first kappa shape index (κ1) is 33.5. The monoisotopic (exact) mass is 681 g/mol. The van der Waals surface area contributed by atoms with Gasteiger partial charge in [-0.2, -0.15) is 0 Å². The topological polar surface area (TPSA) is 133 Å². The lowest BCUT2D eigenvalue weighted by Crippen LogP contribution is -2.55. The van der Waals surface area contributed by atoms with Gasteiger partial charge in [-0.15, -0.1) is 0 Å². The first-order valence-electron chi connectivity index (χ1n) is 17.2. The second-order valence-electron chi connectivity index (χ2n) is 13.9. The summed E-state index contributed by atoms with van der Waals surface area (Å²) in [5.41, 5.74) is 1.65. The van der Waals surface area contributed by atoms with Crippen molar-refractivity contribution in [2.24, 2.45) is 0 Å². The number of amides is 2. The maximum atomic E-state index is 14.4. The van der Waals surface area contributed by atoms with Crippen molar-refractivity contribution < 1.29 is 23.8 Å². The van der Waals surface area contributed by atoms with Gasteiger partial charge < -0.3 is 19.5 Å². The largest absolute Gasteiger partial charge is 0.490 e. The van der Waals surface area contributed by atoms with Crippen LogP contribution < -0.4 is 15.7 Å². The summed E-state index contributed by atoms with van der Waals surface area (Å²) in [6.45, 7) is 9.05. The SMILES string of the molecule is CC(C)(C)OC(=O)N1Cc2c(C(=O)NCc3ccccc3-c3ncccn3)n(-c3ccc(OC4CC4)cc3)c(=O)n2CC1CN1CCOCC1. The van der Waals surface area contributed by atoms with Crippen molar-refractivity contribution in [1.82, 2.24) is 34.2 Å². The molecule has 7 rings (SSSR count). The number of imidazole rings is 1. The van der Waals surface area contributed by atoms with Gasteiger partial charge in [0.05, 0.1) is 43.3 Å². The van der Waals surface area contributed by atoms with Crippen LogP contribution in [-0.4, -0.2) is 91.5 Å². The minimum absolute atomic E-state index is 0.0201. The molecule has 0 bridgehead atoms. The Bertz CT molecular complexity index is 1890. The smallest absolute Gasteiger partial charge is 0.411 e. The van der Waals surface area contributed by atoms with E-state index < -0.39 is 17.6 Å². The average molecular weight is 682 g/mol. The third kappa shape index (κ3) is 7.43. The summed E-state index contributed by atoms with van der Waals surface area (Å²) in [7, 11) is 0. The van der Waals surface area contributed by atoms with E-state index >= 15 is 0 Å². The standard InChI is InChI=1S/C37H43N7O6/c1-37(2,3)50-36(47)42-24-31-32(34(45)40-21-25-7-4-5-8-30(25)33-38-15-6-16-39-33)44(26-9-11-28(12-10-26)49-29-13-14-29)35(46)43(31)23-27(42)22-41-17-19-48-20-18-41/h4-12,15-16,27,29H,13-14,17-24H2,1-3H3,(H,40,45). The summed E-state index contributed by atoms with van der Waals surface area (Å²) in [6, 6.07) is 16.2. The summed E-state index contributed by atoms with van der Waals surface area (Å²) in [5.74, 6) is 0.803. The summed E-state index contributed by atoms with van der Waals surface area (Å²) >= 11 is 0. The quantitative estimate of drug-likeness (QED) is 0.278. The van der Waals surface area contributed by atoms with Crippen LogP contribution in [0.4, 0.5) is 4.79 Å². The summed E-state index contributed by atoms with van der Waals surface area (Å²) in [5, 5.41) is 3.05. The van der Waals surface area contributed by atoms with Gasteiger partial charge in [0.1, 0.15) is 17.0 Å². The Hall–Kier alpha value is -5.01. The highest BCUT2D eigenvalue weighted by Gasteiger charge is 2.39. The average Bonchev–Trinajstić information content (AvgIpc) is 3.89. The van der Waals surface area contributed by atoms with Crippen LogP contribution in [0.5, 0.6) is 5.75 Å². The zero-order valence-electron chi connectivity index (χ0n) is 28.7. The van der Waals surface area contributed by atoms with E-state index in [1.54, 1.807) is 40.1 Å². The first-order chi connectivity index (χ1) is 24.1. The Kier molecular flexibility index (Phi) is 9.43. The molecule has 1 unspecified atom stereocenters. The molecule has 1 N–H and O–H groups in total. The summed E-state index contributed by atoms with van der Waals surface area (Å²) in [6.07, 6.45) is 5.12. The van der Waals surface area contributed by atoms with E-state index in [4.69, 9.17) is 14.2 Å². The summed E-state index contributed by atoms with van der Waals surface area (Å²) < 4.78 is 20.5. The van der Waals surface area contributed by atoms with Gasteiger partial charge in [0.2, 0.25) is 0 Å². The molecule has 1 atom stereocenters. The number of benzene rings is 2. The Balaban J connectivity index is 1.26.